The Morgan fingerprint density at radius 1 is 0.958 bits per heavy atom. The number of sulfonamides is 1. The molecule has 1 aliphatic rings. The van der Waals surface area contributed by atoms with Gasteiger partial charge in [0, 0.05) is 31.7 Å². The Morgan fingerprint density at radius 3 is 2.38 bits per heavy atom. The maximum atomic E-state index is 12.7. The fourth-order valence-electron chi connectivity index (χ4n) is 2.80. The molecule has 2 aromatic carbocycles. The molecule has 1 heterocycles. The number of hydrogen-bond donors (Lipinski definition) is 1. The number of nitrogens with zero attached hydrogens (tertiary/aromatic N) is 1. The zero-order valence-corrected chi connectivity index (χ0v) is 14.3. The zero-order chi connectivity index (χ0) is 16.8. The van der Waals surface area contributed by atoms with Gasteiger partial charge >= 0.3 is 0 Å². The van der Waals surface area contributed by atoms with E-state index in [1.54, 1.807) is 12.1 Å². The van der Waals surface area contributed by atoms with E-state index in [2.05, 4.69) is 9.62 Å². The quantitative estimate of drug-likeness (QED) is 0.869. The van der Waals surface area contributed by atoms with Crippen molar-refractivity contribution >= 4 is 10.0 Å². The highest BCUT2D eigenvalue weighted by Crippen LogP contribution is 2.26. The third-order valence-corrected chi connectivity index (χ3v) is 5.60. The van der Waals surface area contributed by atoms with Crippen LogP contribution in [0.1, 0.15) is 0 Å². The van der Waals surface area contributed by atoms with Crippen LogP contribution in [0.25, 0.3) is 11.1 Å². The highest BCUT2D eigenvalue weighted by Gasteiger charge is 2.19. The Kier molecular flexibility index (Phi) is 5.63. The van der Waals surface area contributed by atoms with Gasteiger partial charge in [-0.05, 0) is 11.6 Å². The second-order valence-corrected chi connectivity index (χ2v) is 7.45. The maximum Gasteiger partial charge on any atom is 0.241 e. The molecule has 2 aromatic rings. The van der Waals surface area contributed by atoms with Crippen LogP contribution in [0.4, 0.5) is 0 Å². The van der Waals surface area contributed by atoms with Crippen LogP contribution >= 0.6 is 0 Å². The van der Waals surface area contributed by atoms with Crippen LogP contribution in [0, 0.1) is 0 Å². The van der Waals surface area contributed by atoms with Crippen molar-refractivity contribution in [2.45, 2.75) is 4.90 Å². The SMILES string of the molecule is O=S(=O)(NCCN1CCOCC1)c1ccccc1-c1ccccc1. The van der Waals surface area contributed by atoms with Crippen molar-refractivity contribution in [3.8, 4) is 11.1 Å². The number of hydrogen-bond acceptors (Lipinski definition) is 4. The molecule has 5 nitrogen and oxygen atoms in total. The van der Waals surface area contributed by atoms with Gasteiger partial charge in [0.2, 0.25) is 10.0 Å². The summed E-state index contributed by atoms with van der Waals surface area (Å²) >= 11 is 0. The van der Waals surface area contributed by atoms with E-state index in [9.17, 15) is 8.42 Å². The molecular formula is C18H22N2O3S. The molecule has 1 N–H and O–H groups in total. The van der Waals surface area contributed by atoms with Gasteiger partial charge in [0.15, 0.2) is 0 Å². The number of ether oxygens (including phenoxy) is 1. The third kappa shape index (κ3) is 4.21. The number of morpholine rings is 1. The Labute approximate surface area is 143 Å². The summed E-state index contributed by atoms with van der Waals surface area (Å²) in [4.78, 5) is 2.52. The predicted molar refractivity (Wildman–Crippen MR) is 94.3 cm³/mol. The average Bonchev–Trinajstić information content (AvgIpc) is 2.63. The van der Waals surface area contributed by atoms with Crippen LogP contribution < -0.4 is 4.72 Å². The minimum atomic E-state index is -3.55. The van der Waals surface area contributed by atoms with E-state index in [0.717, 1.165) is 24.2 Å². The van der Waals surface area contributed by atoms with Crippen molar-refractivity contribution in [1.29, 1.82) is 0 Å². The van der Waals surface area contributed by atoms with Crippen LogP contribution in [0.15, 0.2) is 59.5 Å². The molecular weight excluding hydrogens is 324 g/mol. The van der Waals surface area contributed by atoms with Gasteiger partial charge in [-0.25, -0.2) is 13.1 Å². The maximum absolute atomic E-state index is 12.7. The molecule has 1 saturated heterocycles. The summed E-state index contributed by atoms with van der Waals surface area (Å²) in [5, 5.41) is 0. The van der Waals surface area contributed by atoms with Crippen LogP contribution in [0.3, 0.4) is 0 Å². The second-order valence-electron chi connectivity index (χ2n) is 5.71. The minimum absolute atomic E-state index is 0.318. The lowest BCUT2D eigenvalue weighted by atomic mass is 10.1. The Bertz CT molecular complexity index is 757. The van der Waals surface area contributed by atoms with E-state index >= 15 is 0 Å². The molecule has 0 aliphatic carbocycles. The fourth-order valence-corrected chi connectivity index (χ4v) is 4.05. The molecule has 0 bridgehead atoms. The first kappa shape index (κ1) is 17.1. The van der Waals surface area contributed by atoms with Gasteiger partial charge in [-0.2, -0.15) is 0 Å². The monoisotopic (exact) mass is 346 g/mol. The van der Waals surface area contributed by atoms with Crippen molar-refractivity contribution in [3.63, 3.8) is 0 Å². The average molecular weight is 346 g/mol. The first-order valence-electron chi connectivity index (χ1n) is 8.11. The second kappa shape index (κ2) is 7.90. The smallest absolute Gasteiger partial charge is 0.241 e. The predicted octanol–water partition coefficient (Wildman–Crippen LogP) is 1.96. The summed E-state index contributed by atoms with van der Waals surface area (Å²) in [7, 11) is -3.55. The van der Waals surface area contributed by atoms with Gasteiger partial charge in [-0.15, -0.1) is 0 Å². The highest BCUT2D eigenvalue weighted by molar-refractivity contribution is 7.89. The van der Waals surface area contributed by atoms with E-state index in [-0.39, 0.29) is 0 Å². The molecule has 0 spiro atoms. The molecule has 0 amide bonds. The summed E-state index contributed by atoms with van der Waals surface area (Å²) in [5.41, 5.74) is 1.61. The van der Waals surface area contributed by atoms with Gasteiger partial charge in [-0.1, -0.05) is 48.5 Å². The normalized spacial score (nSPS) is 16.2. The number of rotatable bonds is 6. The third-order valence-electron chi connectivity index (χ3n) is 4.09. The van der Waals surface area contributed by atoms with Crippen LogP contribution in [-0.2, 0) is 14.8 Å². The molecule has 24 heavy (non-hydrogen) atoms. The summed E-state index contributed by atoms with van der Waals surface area (Å²) in [6.45, 7) is 4.21. The Morgan fingerprint density at radius 2 is 1.62 bits per heavy atom. The van der Waals surface area contributed by atoms with E-state index in [0.29, 0.717) is 31.2 Å². The van der Waals surface area contributed by atoms with Gasteiger partial charge in [0.25, 0.3) is 0 Å². The number of nitrogens with one attached hydrogen (secondary N) is 1. The molecule has 1 aliphatic heterocycles. The van der Waals surface area contributed by atoms with Gasteiger partial charge in [0.05, 0.1) is 18.1 Å². The van der Waals surface area contributed by atoms with Crippen molar-refractivity contribution in [2.24, 2.45) is 0 Å². The molecule has 3 rings (SSSR count). The Hall–Kier alpha value is -1.73. The molecule has 128 valence electrons. The van der Waals surface area contributed by atoms with Crippen LogP contribution in [-0.4, -0.2) is 52.7 Å². The molecule has 0 atom stereocenters. The zero-order valence-electron chi connectivity index (χ0n) is 13.5. The lowest BCUT2D eigenvalue weighted by Crippen LogP contribution is -2.41. The summed E-state index contributed by atoms with van der Waals surface area (Å²) < 4.78 is 33.5. The first-order valence-corrected chi connectivity index (χ1v) is 9.59. The molecule has 6 heteroatoms. The highest BCUT2D eigenvalue weighted by atomic mass is 32.2. The topological polar surface area (TPSA) is 58.6 Å². The van der Waals surface area contributed by atoms with E-state index in [4.69, 9.17) is 4.74 Å². The fraction of sp³-hybridized carbons (Fsp3) is 0.333. The Balaban J connectivity index is 1.73. The van der Waals surface area contributed by atoms with Crippen molar-refractivity contribution in [2.75, 3.05) is 39.4 Å². The minimum Gasteiger partial charge on any atom is -0.379 e. The first-order chi connectivity index (χ1) is 11.7. The molecule has 0 unspecified atom stereocenters. The summed E-state index contributed by atoms with van der Waals surface area (Å²) in [6, 6.07) is 16.7. The van der Waals surface area contributed by atoms with Crippen LogP contribution in [0.5, 0.6) is 0 Å². The van der Waals surface area contributed by atoms with Crippen molar-refractivity contribution in [3.05, 3.63) is 54.6 Å². The van der Waals surface area contributed by atoms with E-state index < -0.39 is 10.0 Å². The molecule has 0 aromatic heterocycles. The van der Waals surface area contributed by atoms with Gasteiger partial charge in [-0.3, -0.25) is 4.90 Å². The van der Waals surface area contributed by atoms with Gasteiger partial charge in [0.1, 0.15) is 0 Å². The van der Waals surface area contributed by atoms with Crippen molar-refractivity contribution in [1.82, 2.24) is 9.62 Å². The number of benzene rings is 2. The summed E-state index contributed by atoms with van der Waals surface area (Å²) in [6.07, 6.45) is 0. The van der Waals surface area contributed by atoms with Crippen LogP contribution in [0.2, 0.25) is 0 Å². The summed E-state index contributed by atoms with van der Waals surface area (Å²) in [5.74, 6) is 0. The lowest BCUT2D eigenvalue weighted by Gasteiger charge is -2.26. The molecule has 1 fully saturated rings. The van der Waals surface area contributed by atoms with Gasteiger partial charge < -0.3 is 4.74 Å². The van der Waals surface area contributed by atoms with Crippen molar-refractivity contribution < 1.29 is 13.2 Å². The largest absolute Gasteiger partial charge is 0.379 e. The lowest BCUT2D eigenvalue weighted by molar-refractivity contribution is 0.0390. The van der Waals surface area contributed by atoms with E-state index in [1.807, 2.05) is 42.5 Å². The standard InChI is InChI=1S/C18H22N2O3S/c21-24(22,19-10-11-20-12-14-23-15-13-20)18-9-5-4-8-17(18)16-6-2-1-3-7-16/h1-9,19H,10-15H2. The molecule has 0 saturated carbocycles. The molecule has 0 radical (unpaired) electrons. The van der Waals surface area contributed by atoms with E-state index in [1.165, 1.54) is 0 Å².